The van der Waals surface area contributed by atoms with Crippen LogP contribution in [-0.2, 0) is 9.59 Å². The van der Waals surface area contributed by atoms with E-state index in [1.165, 1.54) is 0 Å². The number of hydrogen-bond donors (Lipinski definition) is 4. The van der Waals surface area contributed by atoms with Crippen LogP contribution >= 0.6 is 0 Å². The third-order valence-electron chi connectivity index (χ3n) is 3.15. The van der Waals surface area contributed by atoms with Gasteiger partial charge in [0.05, 0.1) is 6.42 Å². The summed E-state index contributed by atoms with van der Waals surface area (Å²) >= 11 is 0. The molecule has 0 aliphatic carbocycles. The third-order valence-corrected chi connectivity index (χ3v) is 3.15. The number of carboxylic acids is 2. The first-order chi connectivity index (χ1) is 8.90. The monoisotopic (exact) mass is 273 g/mol. The molecule has 2 unspecified atom stereocenters. The maximum Gasteiger partial charge on any atom is 0.326 e. The lowest BCUT2D eigenvalue weighted by atomic mass is 10.2. The second kappa shape index (κ2) is 6.93. The number of nitrogens with zero attached hydrogens (tertiary/aromatic N) is 1. The highest BCUT2D eigenvalue weighted by molar-refractivity contribution is 5.86. The van der Waals surface area contributed by atoms with Crippen LogP contribution in [0.5, 0.6) is 0 Å². The molecule has 1 rings (SSSR count). The number of aliphatic carboxylic acids is 2. The molecule has 2 amide bonds. The zero-order valence-electron chi connectivity index (χ0n) is 10.8. The molecule has 0 spiro atoms. The molecule has 1 fully saturated rings. The number of likely N-dealkylation sites (tertiary alicyclic amines) is 1. The van der Waals surface area contributed by atoms with Crippen molar-refractivity contribution in [3.05, 3.63) is 0 Å². The van der Waals surface area contributed by atoms with Gasteiger partial charge in [0.25, 0.3) is 0 Å². The summed E-state index contributed by atoms with van der Waals surface area (Å²) in [5.74, 6) is -2.64. The summed E-state index contributed by atoms with van der Waals surface area (Å²) in [6.45, 7) is 1.40. The Bertz CT molecular complexity index is 360. The predicted molar refractivity (Wildman–Crippen MR) is 65.9 cm³/mol. The number of carbonyl (C=O) groups excluding carboxylic acids is 1. The van der Waals surface area contributed by atoms with Crippen LogP contribution < -0.4 is 10.6 Å². The van der Waals surface area contributed by atoms with E-state index in [-0.39, 0.29) is 6.04 Å². The van der Waals surface area contributed by atoms with Crippen molar-refractivity contribution >= 4 is 18.0 Å². The molecule has 108 valence electrons. The fourth-order valence-electron chi connectivity index (χ4n) is 2.03. The van der Waals surface area contributed by atoms with Crippen LogP contribution in [0.1, 0.15) is 19.3 Å². The highest BCUT2D eigenvalue weighted by atomic mass is 16.4. The Morgan fingerprint density at radius 2 is 2.05 bits per heavy atom. The SMILES string of the molecule is CN1CCCC1CNC(=O)NC(CC(=O)O)C(=O)O. The van der Waals surface area contributed by atoms with Gasteiger partial charge in [0, 0.05) is 12.6 Å². The van der Waals surface area contributed by atoms with Crippen LogP contribution in [0.15, 0.2) is 0 Å². The van der Waals surface area contributed by atoms with Crippen molar-refractivity contribution in [3.8, 4) is 0 Å². The Morgan fingerprint density at radius 3 is 2.53 bits per heavy atom. The van der Waals surface area contributed by atoms with E-state index in [9.17, 15) is 14.4 Å². The van der Waals surface area contributed by atoms with Crippen molar-refractivity contribution in [1.82, 2.24) is 15.5 Å². The first-order valence-corrected chi connectivity index (χ1v) is 6.09. The zero-order chi connectivity index (χ0) is 14.4. The summed E-state index contributed by atoms with van der Waals surface area (Å²) in [6, 6.07) is -1.83. The Balaban J connectivity index is 2.35. The zero-order valence-corrected chi connectivity index (χ0v) is 10.8. The summed E-state index contributed by atoms with van der Waals surface area (Å²) in [4.78, 5) is 34.9. The van der Waals surface area contributed by atoms with Crippen molar-refractivity contribution in [2.45, 2.75) is 31.3 Å². The molecule has 2 atom stereocenters. The van der Waals surface area contributed by atoms with Gasteiger partial charge in [-0.05, 0) is 26.4 Å². The van der Waals surface area contributed by atoms with E-state index < -0.39 is 30.4 Å². The molecule has 0 saturated carbocycles. The molecular formula is C11H19N3O5. The fourth-order valence-corrected chi connectivity index (χ4v) is 2.03. The highest BCUT2D eigenvalue weighted by Crippen LogP contribution is 2.13. The van der Waals surface area contributed by atoms with Gasteiger partial charge in [-0.15, -0.1) is 0 Å². The number of amides is 2. The Labute approximate surface area is 110 Å². The summed E-state index contributed by atoms with van der Waals surface area (Å²) in [7, 11) is 1.96. The average molecular weight is 273 g/mol. The summed E-state index contributed by atoms with van der Waals surface area (Å²) in [5, 5.41) is 22.0. The van der Waals surface area contributed by atoms with E-state index in [0.29, 0.717) is 6.54 Å². The molecular weight excluding hydrogens is 254 g/mol. The number of carboxylic acid groups (broad SMARTS) is 2. The summed E-state index contributed by atoms with van der Waals surface area (Å²) in [6.07, 6.45) is 1.40. The minimum Gasteiger partial charge on any atom is -0.481 e. The predicted octanol–water partition coefficient (Wildman–Crippen LogP) is -0.692. The molecule has 0 radical (unpaired) electrons. The van der Waals surface area contributed by atoms with Gasteiger partial charge >= 0.3 is 18.0 Å². The molecule has 19 heavy (non-hydrogen) atoms. The molecule has 0 aromatic heterocycles. The molecule has 1 aliphatic heterocycles. The van der Waals surface area contributed by atoms with Crippen LogP contribution in [0.25, 0.3) is 0 Å². The first kappa shape index (κ1) is 15.2. The van der Waals surface area contributed by atoms with Crippen LogP contribution in [0.4, 0.5) is 4.79 Å². The van der Waals surface area contributed by atoms with E-state index in [4.69, 9.17) is 10.2 Å². The van der Waals surface area contributed by atoms with E-state index in [1.807, 2.05) is 7.05 Å². The molecule has 1 aliphatic rings. The van der Waals surface area contributed by atoms with Crippen molar-refractivity contribution in [3.63, 3.8) is 0 Å². The van der Waals surface area contributed by atoms with Crippen molar-refractivity contribution in [2.24, 2.45) is 0 Å². The van der Waals surface area contributed by atoms with Gasteiger partial charge in [-0.2, -0.15) is 0 Å². The molecule has 0 aromatic rings. The maximum atomic E-state index is 11.5. The van der Waals surface area contributed by atoms with Crippen LogP contribution in [-0.4, -0.2) is 65.3 Å². The number of rotatable bonds is 6. The van der Waals surface area contributed by atoms with Gasteiger partial charge < -0.3 is 25.7 Å². The van der Waals surface area contributed by atoms with Crippen LogP contribution in [0.3, 0.4) is 0 Å². The third kappa shape index (κ3) is 5.12. The van der Waals surface area contributed by atoms with E-state index in [0.717, 1.165) is 19.4 Å². The van der Waals surface area contributed by atoms with Gasteiger partial charge in [-0.25, -0.2) is 9.59 Å². The largest absolute Gasteiger partial charge is 0.481 e. The Hall–Kier alpha value is -1.83. The molecule has 0 bridgehead atoms. The van der Waals surface area contributed by atoms with E-state index >= 15 is 0 Å². The van der Waals surface area contributed by atoms with Gasteiger partial charge in [0.15, 0.2) is 0 Å². The molecule has 4 N–H and O–H groups in total. The number of hydrogen-bond acceptors (Lipinski definition) is 4. The molecule has 1 saturated heterocycles. The molecule has 1 heterocycles. The standard InChI is InChI=1S/C11H19N3O5/c1-14-4-2-3-7(14)6-12-11(19)13-8(10(17)18)5-9(15)16/h7-8H,2-6H2,1H3,(H,15,16)(H,17,18)(H2,12,13,19). The van der Waals surface area contributed by atoms with Gasteiger partial charge in [-0.3, -0.25) is 4.79 Å². The smallest absolute Gasteiger partial charge is 0.326 e. The van der Waals surface area contributed by atoms with Crippen molar-refractivity contribution in [2.75, 3.05) is 20.1 Å². The van der Waals surface area contributed by atoms with E-state index in [2.05, 4.69) is 15.5 Å². The Morgan fingerprint density at radius 1 is 1.37 bits per heavy atom. The Kier molecular flexibility index (Phi) is 5.56. The lowest BCUT2D eigenvalue weighted by molar-refractivity contribution is -0.145. The number of urea groups is 1. The normalized spacial score (nSPS) is 20.8. The number of nitrogens with one attached hydrogen (secondary N) is 2. The molecule has 0 aromatic carbocycles. The van der Waals surface area contributed by atoms with Crippen molar-refractivity contribution < 1.29 is 24.6 Å². The van der Waals surface area contributed by atoms with Gasteiger partial charge in [0.1, 0.15) is 6.04 Å². The average Bonchev–Trinajstić information content (AvgIpc) is 2.70. The van der Waals surface area contributed by atoms with Crippen LogP contribution in [0, 0.1) is 0 Å². The fraction of sp³-hybridized carbons (Fsp3) is 0.727. The minimum absolute atomic E-state index is 0.244. The first-order valence-electron chi connectivity index (χ1n) is 6.09. The lowest BCUT2D eigenvalue weighted by Gasteiger charge is -2.20. The number of carbonyl (C=O) groups is 3. The quantitative estimate of drug-likeness (QED) is 0.508. The van der Waals surface area contributed by atoms with E-state index in [1.54, 1.807) is 0 Å². The second-order valence-electron chi connectivity index (χ2n) is 4.62. The summed E-state index contributed by atoms with van der Waals surface area (Å²) < 4.78 is 0. The minimum atomic E-state index is -1.42. The van der Waals surface area contributed by atoms with Gasteiger partial charge in [-0.1, -0.05) is 0 Å². The highest BCUT2D eigenvalue weighted by Gasteiger charge is 2.24. The molecule has 8 nitrogen and oxygen atoms in total. The second-order valence-corrected chi connectivity index (χ2v) is 4.62. The lowest BCUT2D eigenvalue weighted by Crippen LogP contribution is -2.49. The summed E-state index contributed by atoms with van der Waals surface area (Å²) in [5.41, 5.74) is 0. The van der Waals surface area contributed by atoms with Crippen molar-refractivity contribution in [1.29, 1.82) is 0 Å². The number of likely N-dealkylation sites (N-methyl/N-ethyl adjacent to an activating group) is 1. The maximum absolute atomic E-state index is 11.5. The molecule has 8 heteroatoms. The van der Waals surface area contributed by atoms with Gasteiger partial charge in [0.2, 0.25) is 0 Å². The topological polar surface area (TPSA) is 119 Å². The van der Waals surface area contributed by atoms with Crippen LogP contribution in [0.2, 0.25) is 0 Å².